The highest BCUT2D eigenvalue weighted by atomic mass is 35.5. The molecule has 5 nitrogen and oxygen atoms in total. The number of nitrogens with zero attached hydrogens (tertiary/aromatic N) is 3. The Labute approximate surface area is 152 Å². The van der Waals surface area contributed by atoms with Crippen LogP contribution in [0.25, 0.3) is 0 Å². The van der Waals surface area contributed by atoms with Gasteiger partial charge in [0.25, 0.3) is 0 Å². The Hall–Kier alpha value is -0.780. The van der Waals surface area contributed by atoms with Gasteiger partial charge in [-0.1, -0.05) is 6.92 Å². The molecule has 1 aromatic heterocycles. The summed E-state index contributed by atoms with van der Waals surface area (Å²) in [6.45, 7) is 10.1. The lowest BCUT2D eigenvalue weighted by molar-refractivity contribution is -0.131. The van der Waals surface area contributed by atoms with Crippen LogP contribution in [0.3, 0.4) is 0 Å². The number of carbonyl (C=O) groups excluding carboxylic acids is 1. The zero-order chi connectivity index (χ0) is 15.4. The topological polar surface area (TPSA) is 50.2 Å². The number of likely N-dealkylation sites (tertiary alicyclic amines) is 1. The van der Waals surface area contributed by atoms with Crippen LogP contribution in [0.15, 0.2) is 0 Å². The first-order chi connectivity index (χ1) is 10.0. The molecule has 2 heterocycles. The summed E-state index contributed by atoms with van der Waals surface area (Å²) in [4.78, 5) is 14.5. The number of hydrogen-bond donors (Lipinski definition) is 1. The van der Waals surface area contributed by atoms with Crippen molar-refractivity contribution in [2.24, 2.45) is 13.0 Å². The summed E-state index contributed by atoms with van der Waals surface area (Å²) < 4.78 is 1.86. The second kappa shape index (κ2) is 10.2. The number of hydrogen-bond acceptors (Lipinski definition) is 3. The summed E-state index contributed by atoms with van der Waals surface area (Å²) in [5, 5.41) is 7.80. The third kappa shape index (κ3) is 5.66. The monoisotopic (exact) mass is 364 g/mol. The summed E-state index contributed by atoms with van der Waals surface area (Å²) in [5.41, 5.74) is 3.17. The van der Waals surface area contributed by atoms with E-state index in [1.807, 2.05) is 30.5 Å². The SMILES string of the molecule is CCNCC1CCN(C(=O)Cc2c(C)nn(C)c2C)CC1.Cl.Cl. The summed E-state index contributed by atoms with van der Waals surface area (Å²) in [6, 6.07) is 0. The molecule has 7 heteroatoms. The number of aromatic nitrogens is 2. The van der Waals surface area contributed by atoms with Crippen molar-refractivity contribution >= 4 is 30.7 Å². The molecule has 2 rings (SSSR count). The van der Waals surface area contributed by atoms with E-state index in [4.69, 9.17) is 0 Å². The third-order valence-electron chi connectivity index (χ3n) is 4.64. The van der Waals surface area contributed by atoms with Crippen molar-refractivity contribution in [1.82, 2.24) is 20.0 Å². The fourth-order valence-corrected chi connectivity index (χ4v) is 3.07. The average molecular weight is 365 g/mol. The minimum atomic E-state index is 0. The van der Waals surface area contributed by atoms with E-state index in [0.29, 0.717) is 6.42 Å². The van der Waals surface area contributed by atoms with Gasteiger partial charge in [0.15, 0.2) is 0 Å². The zero-order valence-electron chi connectivity index (χ0n) is 14.6. The Bertz CT molecular complexity index is 497. The van der Waals surface area contributed by atoms with Crippen LogP contribution >= 0.6 is 24.8 Å². The lowest BCUT2D eigenvalue weighted by atomic mass is 9.96. The first kappa shape index (κ1) is 22.2. The Balaban J connectivity index is 0.00000242. The van der Waals surface area contributed by atoms with Gasteiger partial charge in [0.05, 0.1) is 12.1 Å². The maximum absolute atomic E-state index is 12.5. The molecule has 0 aromatic carbocycles. The molecule has 0 radical (unpaired) electrons. The van der Waals surface area contributed by atoms with Gasteiger partial charge in [-0.05, 0) is 45.7 Å². The molecule has 0 unspecified atom stereocenters. The molecule has 1 N–H and O–H groups in total. The van der Waals surface area contributed by atoms with Gasteiger partial charge in [-0.15, -0.1) is 24.8 Å². The molecular weight excluding hydrogens is 335 g/mol. The molecule has 1 fully saturated rings. The van der Waals surface area contributed by atoms with E-state index in [0.717, 1.165) is 61.9 Å². The highest BCUT2D eigenvalue weighted by Gasteiger charge is 2.24. The Morgan fingerprint density at radius 3 is 2.35 bits per heavy atom. The van der Waals surface area contributed by atoms with Crippen molar-refractivity contribution in [3.05, 3.63) is 17.0 Å². The van der Waals surface area contributed by atoms with Crippen LogP contribution in [-0.2, 0) is 18.3 Å². The fraction of sp³-hybridized carbons (Fsp3) is 0.750. The van der Waals surface area contributed by atoms with Crippen LogP contribution in [0, 0.1) is 19.8 Å². The van der Waals surface area contributed by atoms with Gasteiger partial charge in [0.1, 0.15) is 0 Å². The Morgan fingerprint density at radius 1 is 1.26 bits per heavy atom. The van der Waals surface area contributed by atoms with Gasteiger partial charge in [-0.3, -0.25) is 9.48 Å². The van der Waals surface area contributed by atoms with Gasteiger partial charge in [-0.2, -0.15) is 5.10 Å². The van der Waals surface area contributed by atoms with Crippen molar-refractivity contribution in [2.45, 2.75) is 40.0 Å². The molecule has 1 aliphatic rings. The van der Waals surface area contributed by atoms with Crippen LogP contribution in [0.1, 0.15) is 36.7 Å². The molecule has 1 aromatic rings. The number of nitrogens with one attached hydrogen (secondary N) is 1. The van der Waals surface area contributed by atoms with E-state index in [-0.39, 0.29) is 30.7 Å². The number of rotatable bonds is 5. The predicted molar refractivity (Wildman–Crippen MR) is 98.7 cm³/mol. The lowest BCUT2D eigenvalue weighted by Gasteiger charge is -2.32. The summed E-state index contributed by atoms with van der Waals surface area (Å²) in [7, 11) is 1.93. The lowest BCUT2D eigenvalue weighted by Crippen LogP contribution is -2.41. The number of piperidine rings is 1. The number of halogens is 2. The van der Waals surface area contributed by atoms with Crippen LogP contribution in [0.2, 0.25) is 0 Å². The van der Waals surface area contributed by atoms with Crippen LogP contribution in [-0.4, -0.2) is 46.8 Å². The first-order valence-electron chi connectivity index (χ1n) is 8.00. The van der Waals surface area contributed by atoms with E-state index >= 15 is 0 Å². The predicted octanol–water partition coefficient (Wildman–Crippen LogP) is 2.27. The minimum Gasteiger partial charge on any atom is -0.342 e. The molecule has 0 aliphatic carbocycles. The van der Waals surface area contributed by atoms with Crippen LogP contribution < -0.4 is 5.32 Å². The molecular formula is C16H30Cl2N4O. The molecule has 0 saturated carbocycles. The van der Waals surface area contributed by atoms with E-state index in [1.54, 1.807) is 0 Å². The molecule has 0 spiro atoms. The van der Waals surface area contributed by atoms with Gasteiger partial charge in [-0.25, -0.2) is 0 Å². The summed E-state index contributed by atoms with van der Waals surface area (Å²) >= 11 is 0. The van der Waals surface area contributed by atoms with Gasteiger partial charge in [0.2, 0.25) is 5.91 Å². The normalized spacial score (nSPS) is 15.0. The third-order valence-corrected chi connectivity index (χ3v) is 4.64. The van der Waals surface area contributed by atoms with E-state index in [9.17, 15) is 4.79 Å². The molecule has 134 valence electrons. The van der Waals surface area contributed by atoms with Crippen molar-refractivity contribution in [3.63, 3.8) is 0 Å². The maximum Gasteiger partial charge on any atom is 0.227 e. The van der Waals surface area contributed by atoms with Gasteiger partial charge >= 0.3 is 0 Å². The van der Waals surface area contributed by atoms with Crippen molar-refractivity contribution in [1.29, 1.82) is 0 Å². The van der Waals surface area contributed by atoms with E-state index in [2.05, 4.69) is 17.3 Å². The zero-order valence-corrected chi connectivity index (χ0v) is 16.2. The van der Waals surface area contributed by atoms with Crippen LogP contribution in [0.4, 0.5) is 0 Å². The molecule has 0 bridgehead atoms. The number of carbonyl (C=O) groups is 1. The first-order valence-corrected chi connectivity index (χ1v) is 8.00. The Morgan fingerprint density at radius 2 is 1.87 bits per heavy atom. The molecule has 23 heavy (non-hydrogen) atoms. The summed E-state index contributed by atoms with van der Waals surface area (Å²) in [5.74, 6) is 0.965. The smallest absolute Gasteiger partial charge is 0.227 e. The molecule has 0 atom stereocenters. The highest BCUT2D eigenvalue weighted by molar-refractivity contribution is 5.85. The highest BCUT2D eigenvalue weighted by Crippen LogP contribution is 2.19. The van der Waals surface area contributed by atoms with Crippen molar-refractivity contribution < 1.29 is 4.79 Å². The molecule has 1 amide bonds. The van der Waals surface area contributed by atoms with Crippen LogP contribution in [0.5, 0.6) is 0 Å². The average Bonchev–Trinajstić information content (AvgIpc) is 2.72. The second-order valence-electron chi connectivity index (χ2n) is 6.08. The van der Waals surface area contributed by atoms with E-state index < -0.39 is 0 Å². The minimum absolute atomic E-state index is 0. The van der Waals surface area contributed by atoms with Gasteiger partial charge < -0.3 is 10.2 Å². The second-order valence-corrected chi connectivity index (χ2v) is 6.08. The molecule has 1 aliphatic heterocycles. The summed E-state index contributed by atoms with van der Waals surface area (Å²) in [6.07, 6.45) is 2.72. The number of aryl methyl sites for hydroxylation is 2. The Kier molecular flexibility index (Phi) is 9.82. The van der Waals surface area contributed by atoms with Crippen molar-refractivity contribution in [2.75, 3.05) is 26.2 Å². The van der Waals surface area contributed by atoms with E-state index in [1.165, 1.54) is 0 Å². The quantitative estimate of drug-likeness (QED) is 0.871. The maximum atomic E-state index is 12.5. The molecule has 1 saturated heterocycles. The fourth-order valence-electron chi connectivity index (χ4n) is 3.07. The largest absolute Gasteiger partial charge is 0.342 e. The van der Waals surface area contributed by atoms with Crippen molar-refractivity contribution in [3.8, 4) is 0 Å². The standard InChI is InChI=1S/C16H28N4O.2ClH/c1-5-17-11-14-6-8-20(9-7-14)16(21)10-15-12(2)18-19(4)13(15)3;;/h14,17H,5-11H2,1-4H3;2*1H. The number of amides is 1. The van der Waals surface area contributed by atoms with Gasteiger partial charge in [0, 0.05) is 31.4 Å².